The Hall–Kier alpha value is -2.17. The average molecular weight is 332 g/mol. The van der Waals surface area contributed by atoms with E-state index in [9.17, 15) is 14.0 Å². The van der Waals surface area contributed by atoms with Gasteiger partial charge in [0.2, 0.25) is 0 Å². The SMILES string of the molecule is CCOC(=O)C1(C(=O)OCC)CC2C(F)=C(c3ccccc3)C2C1. The topological polar surface area (TPSA) is 52.6 Å². The van der Waals surface area contributed by atoms with E-state index in [1.807, 2.05) is 30.3 Å². The molecule has 0 spiro atoms. The molecule has 0 bridgehead atoms. The number of esters is 2. The van der Waals surface area contributed by atoms with Gasteiger partial charge in [-0.15, -0.1) is 0 Å². The molecule has 1 aromatic rings. The molecule has 0 saturated heterocycles. The van der Waals surface area contributed by atoms with Crippen LogP contribution in [-0.4, -0.2) is 25.2 Å². The lowest BCUT2D eigenvalue weighted by Gasteiger charge is -2.32. The van der Waals surface area contributed by atoms with Crippen LogP contribution in [0, 0.1) is 17.3 Å². The van der Waals surface area contributed by atoms with Crippen LogP contribution in [0.3, 0.4) is 0 Å². The highest BCUT2D eigenvalue weighted by Crippen LogP contribution is 2.62. The number of carbonyl (C=O) groups is 2. The van der Waals surface area contributed by atoms with E-state index in [1.54, 1.807) is 13.8 Å². The highest BCUT2D eigenvalue weighted by molar-refractivity contribution is 6.01. The summed E-state index contributed by atoms with van der Waals surface area (Å²) < 4.78 is 24.9. The summed E-state index contributed by atoms with van der Waals surface area (Å²) in [6.07, 6.45) is 0.366. The minimum atomic E-state index is -1.39. The minimum absolute atomic E-state index is 0.123. The Morgan fingerprint density at radius 1 is 1.04 bits per heavy atom. The van der Waals surface area contributed by atoms with E-state index in [-0.39, 0.29) is 37.8 Å². The third-order valence-electron chi connectivity index (χ3n) is 4.99. The van der Waals surface area contributed by atoms with Crippen molar-refractivity contribution in [3.63, 3.8) is 0 Å². The molecular formula is C19H21FO4. The molecule has 2 atom stereocenters. The molecule has 0 aliphatic heterocycles. The number of allylic oxidation sites excluding steroid dienone is 2. The highest BCUT2D eigenvalue weighted by Gasteiger charge is 2.63. The Morgan fingerprint density at radius 3 is 2.12 bits per heavy atom. The summed E-state index contributed by atoms with van der Waals surface area (Å²) in [6.45, 7) is 3.73. The van der Waals surface area contributed by atoms with Crippen LogP contribution in [0.4, 0.5) is 4.39 Å². The van der Waals surface area contributed by atoms with Crippen molar-refractivity contribution in [1.29, 1.82) is 0 Å². The van der Waals surface area contributed by atoms with Gasteiger partial charge in [-0.2, -0.15) is 0 Å². The van der Waals surface area contributed by atoms with E-state index < -0.39 is 23.3 Å². The molecule has 2 unspecified atom stereocenters. The van der Waals surface area contributed by atoms with Gasteiger partial charge in [0, 0.05) is 5.92 Å². The lowest BCUT2D eigenvalue weighted by Crippen LogP contribution is -2.40. The zero-order valence-electron chi connectivity index (χ0n) is 13.9. The van der Waals surface area contributed by atoms with Gasteiger partial charge in [-0.1, -0.05) is 30.3 Å². The van der Waals surface area contributed by atoms with Crippen LogP contribution in [-0.2, 0) is 19.1 Å². The van der Waals surface area contributed by atoms with E-state index in [4.69, 9.17) is 9.47 Å². The maximum absolute atomic E-state index is 14.6. The van der Waals surface area contributed by atoms with E-state index in [0.717, 1.165) is 5.56 Å². The van der Waals surface area contributed by atoms with Gasteiger partial charge in [-0.05, 0) is 43.7 Å². The Balaban J connectivity index is 1.90. The van der Waals surface area contributed by atoms with Crippen molar-refractivity contribution >= 4 is 17.5 Å². The molecule has 3 rings (SSSR count). The number of fused-ring (bicyclic) bond motifs is 1. The predicted molar refractivity (Wildman–Crippen MR) is 86.4 cm³/mol. The fourth-order valence-electron chi connectivity index (χ4n) is 3.89. The van der Waals surface area contributed by atoms with E-state index >= 15 is 0 Å². The maximum atomic E-state index is 14.6. The van der Waals surface area contributed by atoms with Gasteiger partial charge in [0.05, 0.1) is 13.2 Å². The third kappa shape index (κ3) is 2.43. The Bertz CT molecular complexity index is 662. The molecule has 4 nitrogen and oxygen atoms in total. The lowest BCUT2D eigenvalue weighted by atomic mass is 9.73. The summed E-state index contributed by atoms with van der Waals surface area (Å²) in [5.41, 5.74) is 0.0192. The summed E-state index contributed by atoms with van der Waals surface area (Å²) in [7, 11) is 0. The standard InChI is InChI=1S/C19H21FO4/c1-3-23-17(21)19(18(22)24-4-2)10-13-14(11-19)16(20)15(13)12-8-6-5-7-9-12/h5-9,13-14H,3-4,10-11H2,1-2H3. The summed E-state index contributed by atoms with van der Waals surface area (Å²) in [6, 6.07) is 9.26. The molecule has 0 amide bonds. The van der Waals surface area contributed by atoms with Crippen LogP contribution in [0.15, 0.2) is 36.2 Å². The molecule has 0 radical (unpaired) electrons. The summed E-state index contributed by atoms with van der Waals surface area (Å²) in [4.78, 5) is 25.0. The first kappa shape index (κ1) is 16.7. The van der Waals surface area contributed by atoms with Gasteiger partial charge in [0.25, 0.3) is 0 Å². The summed E-state index contributed by atoms with van der Waals surface area (Å²) >= 11 is 0. The van der Waals surface area contributed by atoms with Gasteiger partial charge >= 0.3 is 11.9 Å². The van der Waals surface area contributed by atoms with Crippen molar-refractivity contribution < 1.29 is 23.5 Å². The molecule has 24 heavy (non-hydrogen) atoms. The average Bonchev–Trinajstić information content (AvgIpc) is 2.93. The molecule has 0 aromatic heterocycles. The van der Waals surface area contributed by atoms with Crippen molar-refractivity contribution in [3.05, 3.63) is 41.7 Å². The van der Waals surface area contributed by atoms with Crippen LogP contribution < -0.4 is 0 Å². The van der Waals surface area contributed by atoms with Gasteiger partial charge in [-0.25, -0.2) is 4.39 Å². The molecule has 0 heterocycles. The molecule has 1 fully saturated rings. The van der Waals surface area contributed by atoms with Crippen LogP contribution >= 0.6 is 0 Å². The number of hydrogen-bond donors (Lipinski definition) is 0. The minimum Gasteiger partial charge on any atom is -0.465 e. The lowest BCUT2D eigenvalue weighted by molar-refractivity contribution is -0.171. The first-order valence-corrected chi connectivity index (χ1v) is 8.34. The molecule has 1 saturated carbocycles. The van der Waals surface area contributed by atoms with Gasteiger partial charge in [0.1, 0.15) is 5.83 Å². The monoisotopic (exact) mass is 332 g/mol. The molecule has 128 valence electrons. The van der Waals surface area contributed by atoms with Crippen molar-refractivity contribution in [1.82, 2.24) is 0 Å². The second kappa shape index (κ2) is 6.38. The van der Waals surface area contributed by atoms with Gasteiger partial charge < -0.3 is 9.47 Å². The van der Waals surface area contributed by atoms with Gasteiger partial charge in [0.15, 0.2) is 5.41 Å². The summed E-state index contributed by atoms with van der Waals surface area (Å²) in [5.74, 6) is -1.98. The second-order valence-electron chi connectivity index (χ2n) is 6.27. The fourth-order valence-corrected chi connectivity index (χ4v) is 3.89. The van der Waals surface area contributed by atoms with Crippen LogP contribution in [0.5, 0.6) is 0 Å². The second-order valence-corrected chi connectivity index (χ2v) is 6.27. The predicted octanol–water partition coefficient (Wildman–Crippen LogP) is 3.52. The first-order chi connectivity index (χ1) is 11.5. The quantitative estimate of drug-likeness (QED) is 0.611. The van der Waals surface area contributed by atoms with Crippen molar-refractivity contribution in [2.75, 3.05) is 13.2 Å². The molecule has 2 aliphatic rings. The first-order valence-electron chi connectivity index (χ1n) is 8.34. The zero-order chi connectivity index (χ0) is 17.3. The number of ether oxygens (including phenoxy) is 2. The largest absolute Gasteiger partial charge is 0.465 e. The zero-order valence-corrected chi connectivity index (χ0v) is 13.9. The molecule has 1 aromatic carbocycles. The fraction of sp³-hybridized carbons (Fsp3) is 0.474. The van der Waals surface area contributed by atoms with Crippen molar-refractivity contribution in [2.45, 2.75) is 26.7 Å². The van der Waals surface area contributed by atoms with E-state index in [0.29, 0.717) is 5.57 Å². The van der Waals surface area contributed by atoms with E-state index in [2.05, 4.69) is 0 Å². The van der Waals surface area contributed by atoms with Crippen molar-refractivity contribution in [2.24, 2.45) is 17.3 Å². The smallest absolute Gasteiger partial charge is 0.323 e. The molecule has 5 heteroatoms. The van der Waals surface area contributed by atoms with Crippen LogP contribution in [0.2, 0.25) is 0 Å². The van der Waals surface area contributed by atoms with Crippen LogP contribution in [0.25, 0.3) is 5.57 Å². The summed E-state index contributed by atoms with van der Waals surface area (Å²) in [5, 5.41) is 0. The molecule has 2 aliphatic carbocycles. The highest BCUT2D eigenvalue weighted by atomic mass is 19.1. The molecular weight excluding hydrogens is 311 g/mol. The third-order valence-corrected chi connectivity index (χ3v) is 4.99. The van der Waals surface area contributed by atoms with E-state index in [1.165, 1.54) is 0 Å². The molecule has 0 N–H and O–H groups in total. The number of rotatable bonds is 5. The normalized spacial score (nSPS) is 24.1. The Morgan fingerprint density at radius 2 is 1.58 bits per heavy atom. The number of benzene rings is 1. The maximum Gasteiger partial charge on any atom is 0.323 e. The van der Waals surface area contributed by atoms with Gasteiger partial charge in [-0.3, -0.25) is 9.59 Å². The Labute approximate surface area is 140 Å². The van der Waals surface area contributed by atoms with Crippen molar-refractivity contribution in [3.8, 4) is 0 Å². The number of halogens is 1. The number of carbonyl (C=O) groups excluding carboxylic acids is 2. The number of hydrogen-bond acceptors (Lipinski definition) is 4. The Kier molecular flexibility index (Phi) is 4.43. The van der Waals surface area contributed by atoms with Crippen LogP contribution in [0.1, 0.15) is 32.3 Å².